The van der Waals surface area contributed by atoms with E-state index in [1.54, 1.807) is 0 Å². The molecule has 68 valence electrons. The van der Waals surface area contributed by atoms with Gasteiger partial charge in [0.15, 0.2) is 6.67 Å². The van der Waals surface area contributed by atoms with Crippen molar-refractivity contribution in [3.05, 3.63) is 42.7 Å². The molecule has 0 bridgehead atoms. The van der Waals surface area contributed by atoms with Gasteiger partial charge in [0.25, 0.3) is 0 Å². The Morgan fingerprint density at radius 1 is 1.23 bits per heavy atom. The summed E-state index contributed by atoms with van der Waals surface area (Å²) in [6.45, 7) is 1.02. The Morgan fingerprint density at radius 3 is 2.46 bits per heavy atom. The predicted molar refractivity (Wildman–Crippen MR) is 55.9 cm³/mol. The van der Waals surface area contributed by atoms with Crippen molar-refractivity contribution >= 4 is 5.69 Å². The second kappa shape index (κ2) is 2.89. The van der Waals surface area contributed by atoms with Crippen molar-refractivity contribution in [1.29, 1.82) is 0 Å². The minimum absolute atomic E-state index is 0.872. The molecular formula is C11H15N2+. The molecular weight excluding hydrogens is 160 g/mol. The normalized spacial score (nSPS) is 26.8. The zero-order chi connectivity index (χ0) is 9.31. The van der Waals surface area contributed by atoms with Crippen LogP contribution in [0.1, 0.15) is 0 Å². The van der Waals surface area contributed by atoms with Gasteiger partial charge in [-0.05, 0) is 12.1 Å². The van der Waals surface area contributed by atoms with Crippen molar-refractivity contribution in [2.45, 2.75) is 0 Å². The average molecular weight is 175 g/mol. The van der Waals surface area contributed by atoms with Gasteiger partial charge in [0.1, 0.15) is 11.9 Å². The Kier molecular flexibility index (Phi) is 1.85. The van der Waals surface area contributed by atoms with Gasteiger partial charge in [-0.2, -0.15) is 0 Å². The molecule has 0 amide bonds. The fraction of sp³-hybridized carbons (Fsp3) is 0.273. The van der Waals surface area contributed by atoms with Gasteiger partial charge in [-0.25, -0.2) is 4.48 Å². The van der Waals surface area contributed by atoms with Crippen LogP contribution in [0.15, 0.2) is 42.7 Å². The van der Waals surface area contributed by atoms with Crippen LogP contribution in [0.5, 0.6) is 0 Å². The van der Waals surface area contributed by atoms with Crippen molar-refractivity contribution in [2.75, 3.05) is 20.8 Å². The van der Waals surface area contributed by atoms with Crippen molar-refractivity contribution in [1.82, 2.24) is 9.38 Å². The lowest BCUT2D eigenvalue weighted by Gasteiger charge is -2.26. The molecule has 0 spiro atoms. The van der Waals surface area contributed by atoms with Crippen molar-refractivity contribution in [3.8, 4) is 0 Å². The van der Waals surface area contributed by atoms with Gasteiger partial charge in [-0.1, -0.05) is 18.2 Å². The van der Waals surface area contributed by atoms with Gasteiger partial charge in [0, 0.05) is 7.05 Å². The summed E-state index contributed by atoms with van der Waals surface area (Å²) in [4.78, 5) is 2.20. The first-order valence-corrected chi connectivity index (χ1v) is 4.51. The zero-order valence-corrected chi connectivity index (χ0v) is 8.14. The van der Waals surface area contributed by atoms with Crippen LogP contribution in [0.4, 0.5) is 5.69 Å². The highest BCUT2D eigenvalue weighted by molar-refractivity contribution is 5.45. The highest BCUT2D eigenvalue weighted by atomic mass is 15.5. The highest BCUT2D eigenvalue weighted by Gasteiger charge is 2.27. The van der Waals surface area contributed by atoms with Gasteiger partial charge in [0.2, 0.25) is 0 Å². The molecule has 1 atom stereocenters. The van der Waals surface area contributed by atoms with Crippen molar-refractivity contribution in [3.63, 3.8) is 0 Å². The fourth-order valence-electron chi connectivity index (χ4n) is 1.75. The Labute approximate surface area is 79.3 Å². The summed E-state index contributed by atoms with van der Waals surface area (Å²) in [6.07, 6.45) is 4.35. The quantitative estimate of drug-likeness (QED) is 0.590. The van der Waals surface area contributed by atoms with Crippen LogP contribution in [0.25, 0.3) is 0 Å². The summed E-state index contributed by atoms with van der Waals surface area (Å²) in [6, 6.07) is 10.6. The van der Waals surface area contributed by atoms with Crippen LogP contribution in [-0.4, -0.2) is 25.7 Å². The maximum atomic E-state index is 2.22. The first-order valence-electron chi connectivity index (χ1n) is 4.51. The number of hydrogen-bond donors (Lipinski definition) is 0. The van der Waals surface area contributed by atoms with Gasteiger partial charge in [0.05, 0.1) is 13.2 Å². The monoisotopic (exact) mass is 175 g/mol. The summed E-state index contributed by atoms with van der Waals surface area (Å²) < 4.78 is 0.872. The molecule has 0 aromatic heterocycles. The molecule has 0 N–H and O–H groups in total. The Hall–Kier alpha value is -1.28. The third-order valence-corrected chi connectivity index (χ3v) is 2.51. The van der Waals surface area contributed by atoms with Gasteiger partial charge < -0.3 is 4.90 Å². The minimum Gasteiger partial charge on any atom is -0.329 e. The number of benzene rings is 1. The molecule has 1 unspecified atom stereocenters. The topological polar surface area (TPSA) is 3.24 Å². The summed E-state index contributed by atoms with van der Waals surface area (Å²) in [5, 5.41) is 0. The number of quaternary nitrogens is 1. The predicted octanol–water partition coefficient (Wildman–Crippen LogP) is 2.00. The maximum absolute atomic E-state index is 2.22. The first-order chi connectivity index (χ1) is 6.21. The summed E-state index contributed by atoms with van der Waals surface area (Å²) in [5.74, 6) is 0. The fourth-order valence-corrected chi connectivity index (χ4v) is 1.75. The van der Waals surface area contributed by atoms with E-state index in [4.69, 9.17) is 0 Å². The second-order valence-electron chi connectivity index (χ2n) is 3.80. The van der Waals surface area contributed by atoms with E-state index in [9.17, 15) is 0 Å². The number of nitrogens with zero attached hydrogens (tertiary/aromatic N) is 2. The third-order valence-electron chi connectivity index (χ3n) is 2.51. The lowest BCUT2D eigenvalue weighted by Crippen LogP contribution is -2.40. The Morgan fingerprint density at radius 2 is 1.92 bits per heavy atom. The number of hydrogen-bond acceptors (Lipinski definition) is 1. The summed E-state index contributed by atoms with van der Waals surface area (Å²) in [7, 11) is 4.32. The van der Waals surface area contributed by atoms with E-state index in [0.29, 0.717) is 0 Å². The van der Waals surface area contributed by atoms with E-state index in [1.165, 1.54) is 5.69 Å². The molecule has 0 saturated carbocycles. The highest BCUT2D eigenvalue weighted by Crippen LogP contribution is 2.24. The first kappa shape index (κ1) is 8.32. The molecule has 0 radical (unpaired) electrons. The summed E-state index contributed by atoms with van der Waals surface area (Å²) in [5.41, 5.74) is 1.34. The van der Waals surface area contributed by atoms with E-state index in [2.05, 4.69) is 61.7 Å². The molecule has 1 aliphatic heterocycles. The Balaban J connectivity index is 2.32. The minimum atomic E-state index is 0.872. The van der Waals surface area contributed by atoms with E-state index < -0.39 is 0 Å². The van der Waals surface area contributed by atoms with Gasteiger partial charge >= 0.3 is 0 Å². The molecule has 1 heterocycles. The molecule has 2 rings (SSSR count). The van der Waals surface area contributed by atoms with Crippen LogP contribution in [-0.2, 0) is 0 Å². The molecule has 1 aliphatic rings. The van der Waals surface area contributed by atoms with Crippen LogP contribution in [0, 0.1) is 0 Å². The van der Waals surface area contributed by atoms with E-state index in [0.717, 1.165) is 11.2 Å². The molecule has 0 fully saturated rings. The smallest absolute Gasteiger partial charge is 0.162 e. The van der Waals surface area contributed by atoms with E-state index in [1.807, 2.05) is 0 Å². The second-order valence-corrected chi connectivity index (χ2v) is 3.80. The van der Waals surface area contributed by atoms with Crippen LogP contribution >= 0.6 is 0 Å². The third kappa shape index (κ3) is 1.45. The van der Waals surface area contributed by atoms with Crippen LogP contribution in [0.3, 0.4) is 0 Å². The van der Waals surface area contributed by atoms with Crippen molar-refractivity contribution in [2.24, 2.45) is 0 Å². The number of rotatable bonds is 1. The molecule has 2 heteroatoms. The van der Waals surface area contributed by atoms with Crippen LogP contribution in [0.2, 0.25) is 0 Å². The zero-order valence-electron chi connectivity index (χ0n) is 8.14. The van der Waals surface area contributed by atoms with Gasteiger partial charge in [-0.15, -0.1) is 0 Å². The molecule has 13 heavy (non-hydrogen) atoms. The summed E-state index contributed by atoms with van der Waals surface area (Å²) >= 11 is 0. The van der Waals surface area contributed by atoms with E-state index in [-0.39, 0.29) is 0 Å². The lowest BCUT2D eigenvalue weighted by atomic mass is 10.3. The molecule has 1 aromatic rings. The molecule has 0 aliphatic carbocycles. The maximum Gasteiger partial charge on any atom is 0.162 e. The number of para-hydroxylation sites is 1. The molecule has 0 saturated heterocycles. The molecule has 2 nitrogen and oxygen atoms in total. The molecule has 1 aromatic carbocycles. The van der Waals surface area contributed by atoms with E-state index >= 15 is 0 Å². The average Bonchev–Trinajstić information content (AvgIpc) is 2.49. The standard InChI is InChI=1S/C11H15N2/c1-12-8-9-13(2,10-12)11-6-4-3-5-7-11/h3-9H,10H2,1-2H3/q+1. The van der Waals surface area contributed by atoms with Gasteiger partial charge in [-0.3, -0.25) is 0 Å². The lowest BCUT2D eigenvalue weighted by molar-refractivity contribution is 0.336. The van der Waals surface area contributed by atoms with Crippen LogP contribution < -0.4 is 4.48 Å². The largest absolute Gasteiger partial charge is 0.329 e. The Bertz CT molecular complexity index is 318. The SMILES string of the molecule is CN1C=C[N+](C)(c2ccccc2)C1. The van der Waals surface area contributed by atoms with Crippen molar-refractivity contribution < 1.29 is 0 Å².